The fraction of sp³-hybridized carbons (Fsp3) is 0.310. The fourth-order valence-electron chi connectivity index (χ4n) is 3.98. The molecule has 3 aromatic rings. The van der Waals surface area contributed by atoms with Gasteiger partial charge >= 0.3 is 0 Å². The Kier molecular flexibility index (Phi) is 10.6. The zero-order valence-corrected chi connectivity index (χ0v) is 25.6. The quantitative estimate of drug-likeness (QED) is 0.283. The van der Waals surface area contributed by atoms with Gasteiger partial charge in [-0.1, -0.05) is 70.9 Å². The van der Waals surface area contributed by atoms with E-state index in [0.29, 0.717) is 16.3 Å². The van der Waals surface area contributed by atoms with E-state index in [0.717, 1.165) is 20.8 Å². The van der Waals surface area contributed by atoms with Crippen LogP contribution in [0.2, 0.25) is 5.02 Å². The van der Waals surface area contributed by atoms with Crippen LogP contribution in [0.1, 0.15) is 38.3 Å². The lowest BCUT2D eigenvalue weighted by Gasteiger charge is -2.33. The summed E-state index contributed by atoms with van der Waals surface area (Å²) in [4.78, 5) is 28.6. The van der Waals surface area contributed by atoms with Crippen LogP contribution < -0.4 is 9.62 Å². The maximum absolute atomic E-state index is 14.0. The van der Waals surface area contributed by atoms with Crippen LogP contribution in [-0.2, 0) is 26.2 Å². The molecule has 3 rings (SSSR count). The molecule has 10 heteroatoms. The van der Waals surface area contributed by atoms with Gasteiger partial charge in [0.2, 0.25) is 11.8 Å². The highest BCUT2D eigenvalue weighted by Gasteiger charge is 2.33. The number of nitrogens with zero attached hydrogens (tertiary/aromatic N) is 2. The standard InChI is InChI=1S/C29H33BrClN3O4S/c1-5-20(2)32-29(36)22(4)33(18-23-11-9-12-24(30)17-23)28(35)19-34(27-16-10-15-26(31)21(27)3)39(37,38)25-13-7-6-8-14-25/h6-17,20,22H,5,18-19H2,1-4H3,(H,32,36)/t20-,22-/m1/s1. The number of amides is 2. The number of hydrogen-bond acceptors (Lipinski definition) is 4. The summed E-state index contributed by atoms with van der Waals surface area (Å²) in [5, 5.41) is 3.30. The Morgan fingerprint density at radius 3 is 2.31 bits per heavy atom. The summed E-state index contributed by atoms with van der Waals surface area (Å²) in [6.45, 7) is 6.79. The summed E-state index contributed by atoms with van der Waals surface area (Å²) >= 11 is 9.81. The van der Waals surface area contributed by atoms with Crippen LogP contribution in [0.5, 0.6) is 0 Å². The van der Waals surface area contributed by atoms with E-state index in [9.17, 15) is 18.0 Å². The van der Waals surface area contributed by atoms with Gasteiger partial charge in [0.25, 0.3) is 10.0 Å². The second kappa shape index (κ2) is 13.5. The Hall–Kier alpha value is -2.88. The first kappa shape index (κ1) is 30.7. The van der Waals surface area contributed by atoms with Crippen molar-refractivity contribution in [2.24, 2.45) is 0 Å². The molecular weight excluding hydrogens is 602 g/mol. The van der Waals surface area contributed by atoms with E-state index in [1.807, 2.05) is 38.1 Å². The molecule has 0 aliphatic carbocycles. The van der Waals surface area contributed by atoms with Gasteiger partial charge in [0.1, 0.15) is 12.6 Å². The number of carbonyl (C=O) groups excluding carboxylic acids is 2. The number of carbonyl (C=O) groups is 2. The van der Waals surface area contributed by atoms with E-state index in [-0.39, 0.29) is 23.4 Å². The molecule has 0 aromatic heterocycles. The summed E-state index contributed by atoms with van der Waals surface area (Å²) in [5.74, 6) is -0.843. The van der Waals surface area contributed by atoms with E-state index < -0.39 is 28.5 Å². The van der Waals surface area contributed by atoms with Crippen LogP contribution in [0.3, 0.4) is 0 Å². The Morgan fingerprint density at radius 1 is 1.00 bits per heavy atom. The summed E-state index contributed by atoms with van der Waals surface area (Å²) in [5.41, 5.74) is 1.60. The lowest BCUT2D eigenvalue weighted by atomic mass is 10.1. The number of rotatable bonds is 11. The second-order valence-corrected chi connectivity index (χ2v) is 12.5. The molecule has 0 unspecified atom stereocenters. The minimum absolute atomic E-state index is 0.0401. The Bertz CT molecular complexity index is 1420. The smallest absolute Gasteiger partial charge is 0.264 e. The zero-order chi connectivity index (χ0) is 28.7. The Labute approximate surface area is 244 Å². The molecule has 208 valence electrons. The van der Waals surface area contributed by atoms with Crippen LogP contribution in [0.15, 0.2) is 82.2 Å². The fourth-order valence-corrected chi connectivity index (χ4v) is 6.09. The number of anilines is 1. The van der Waals surface area contributed by atoms with Crippen molar-refractivity contribution in [2.75, 3.05) is 10.8 Å². The van der Waals surface area contributed by atoms with Gasteiger partial charge in [-0.25, -0.2) is 8.42 Å². The van der Waals surface area contributed by atoms with Gasteiger partial charge in [0.15, 0.2) is 0 Å². The number of sulfonamides is 1. The lowest BCUT2D eigenvalue weighted by molar-refractivity contribution is -0.139. The van der Waals surface area contributed by atoms with Gasteiger partial charge in [-0.15, -0.1) is 0 Å². The first-order valence-electron chi connectivity index (χ1n) is 12.6. The third kappa shape index (κ3) is 7.62. The first-order chi connectivity index (χ1) is 18.4. The van der Waals surface area contributed by atoms with E-state index in [4.69, 9.17) is 11.6 Å². The summed E-state index contributed by atoms with van der Waals surface area (Å²) in [7, 11) is -4.15. The highest BCUT2D eigenvalue weighted by molar-refractivity contribution is 9.10. The largest absolute Gasteiger partial charge is 0.352 e. The van der Waals surface area contributed by atoms with E-state index in [1.165, 1.54) is 17.0 Å². The molecule has 3 aromatic carbocycles. The average Bonchev–Trinajstić information content (AvgIpc) is 2.92. The Balaban J connectivity index is 2.06. The third-order valence-corrected chi connectivity index (χ3v) is 9.20. The van der Waals surface area contributed by atoms with Crippen LogP contribution in [0, 0.1) is 6.92 Å². The van der Waals surface area contributed by atoms with Crippen molar-refractivity contribution in [3.63, 3.8) is 0 Å². The zero-order valence-electron chi connectivity index (χ0n) is 22.4. The van der Waals surface area contributed by atoms with Crippen molar-refractivity contribution in [3.8, 4) is 0 Å². The maximum Gasteiger partial charge on any atom is 0.264 e. The van der Waals surface area contributed by atoms with Crippen LogP contribution in [0.25, 0.3) is 0 Å². The highest BCUT2D eigenvalue weighted by atomic mass is 79.9. The van der Waals surface area contributed by atoms with Gasteiger partial charge in [0.05, 0.1) is 10.6 Å². The molecular formula is C29H33BrClN3O4S. The van der Waals surface area contributed by atoms with Crippen LogP contribution in [-0.4, -0.2) is 43.8 Å². The molecule has 0 fully saturated rings. The molecule has 0 aliphatic heterocycles. The molecule has 0 spiro atoms. The van der Waals surface area contributed by atoms with Crippen molar-refractivity contribution in [1.29, 1.82) is 0 Å². The predicted octanol–water partition coefficient (Wildman–Crippen LogP) is 5.94. The predicted molar refractivity (Wildman–Crippen MR) is 159 cm³/mol. The molecule has 0 saturated carbocycles. The summed E-state index contributed by atoms with van der Waals surface area (Å²) in [6.07, 6.45) is 0.731. The number of nitrogens with one attached hydrogen (secondary N) is 1. The maximum atomic E-state index is 14.0. The molecule has 2 amide bonds. The number of hydrogen-bond donors (Lipinski definition) is 1. The van der Waals surface area contributed by atoms with Crippen LogP contribution >= 0.6 is 27.5 Å². The topological polar surface area (TPSA) is 86.8 Å². The van der Waals surface area contributed by atoms with E-state index in [2.05, 4.69) is 21.2 Å². The van der Waals surface area contributed by atoms with Gasteiger partial charge < -0.3 is 10.2 Å². The molecule has 7 nitrogen and oxygen atoms in total. The van der Waals surface area contributed by atoms with Gasteiger partial charge in [0, 0.05) is 22.1 Å². The minimum Gasteiger partial charge on any atom is -0.352 e. The van der Waals surface area contributed by atoms with Crippen molar-refractivity contribution >= 4 is 55.1 Å². The molecule has 0 saturated heterocycles. The summed E-state index contributed by atoms with van der Waals surface area (Å²) < 4.78 is 29.6. The SMILES string of the molecule is CC[C@@H](C)NC(=O)[C@@H](C)N(Cc1cccc(Br)c1)C(=O)CN(c1cccc(Cl)c1C)S(=O)(=O)c1ccccc1. The monoisotopic (exact) mass is 633 g/mol. The number of halogens is 2. The van der Waals surface area contributed by atoms with Crippen molar-refractivity contribution < 1.29 is 18.0 Å². The average molecular weight is 635 g/mol. The third-order valence-electron chi connectivity index (χ3n) is 6.53. The first-order valence-corrected chi connectivity index (χ1v) is 15.2. The molecule has 1 N–H and O–H groups in total. The Morgan fingerprint density at radius 2 is 1.67 bits per heavy atom. The van der Waals surface area contributed by atoms with E-state index in [1.54, 1.807) is 50.2 Å². The molecule has 0 aliphatic rings. The van der Waals surface area contributed by atoms with Gasteiger partial charge in [-0.3, -0.25) is 13.9 Å². The van der Waals surface area contributed by atoms with Gasteiger partial charge in [-0.05, 0) is 74.7 Å². The van der Waals surface area contributed by atoms with E-state index >= 15 is 0 Å². The number of benzene rings is 3. The molecule has 0 bridgehead atoms. The molecule has 0 radical (unpaired) electrons. The lowest BCUT2D eigenvalue weighted by Crippen LogP contribution is -2.52. The van der Waals surface area contributed by atoms with Gasteiger partial charge in [-0.2, -0.15) is 0 Å². The highest BCUT2D eigenvalue weighted by Crippen LogP contribution is 2.31. The van der Waals surface area contributed by atoms with Crippen LogP contribution in [0.4, 0.5) is 5.69 Å². The molecule has 0 heterocycles. The summed E-state index contributed by atoms with van der Waals surface area (Å²) in [6, 6.07) is 19.3. The van der Waals surface area contributed by atoms with Crippen molar-refractivity contribution in [2.45, 2.75) is 57.6 Å². The minimum atomic E-state index is -4.15. The molecule has 39 heavy (non-hydrogen) atoms. The normalized spacial score (nSPS) is 12.9. The van der Waals surface area contributed by atoms with Crippen molar-refractivity contribution in [3.05, 3.63) is 93.4 Å². The van der Waals surface area contributed by atoms with Crippen molar-refractivity contribution in [1.82, 2.24) is 10.2 Å². The second-order valence-electron chi connectivity index (χ2n) is 9.35. The molecule has 2 atom stereocenters.